The number of benzene rings is 8. The number of hydrogen-bond acceptors (Lipinski definition) is 4. The zero-order valence-electron chi connectivity index (χ0n) is 27.5. The van der Waals surface area contributed by atoms with Crippen molar-refractivity contribution in [3.63, 3.8) is 0 Å². The molecular weight excluding hydrogens is 639 g/mol. The lowest BCUT2D eigenvalue weighted by Crippen LogP contribution is -2.00. The maximum Gasteiger partial charge on any atom is 0.164 e. The normalized spacial score (nSPS) is 11.5. The van der Waals surface area contributed by atoms with Gasteiger partial charge in [0.15, 0.2) is 17.5 Å². The van der Waals surface area contributed by atoms with Crippen molar-refractivity contribution in [3.8, 4) is 56.4 Å². The summed E-state index contributed by atoms with van der Waals surface area (Å²) in [5.41, 5.74) is 7.78. The molecular formula is C47H29N3S. The predicted octanol–water partition coefficient (Wildman–Crippen LogP) is 12.9. The van der Waals surface area contributed by atoms with Crippen LogP contribution < -0.4 is 0 Å². The minimum Gasteiger partial charge on any atom is -0.208 e. The fourth-order valence-corrected chi connectivity index (χ4v) is 8.35. The van der Waals surface area contributed by atoms with Crippen LogP contribution in [0.4, 0.5) is 0 Å². The zero-order chi connectivity index (χ0) is 33.7. The molecule has 4 heteroatoms. The van der Waals surface area contributed by atoms with Crippen LogP contribution in [-0.2, 0) is 0 Å². The fourth-order valence-electron chi connectivity index (χ4n) is 7.18. The third-order valence-electron chi connectivity index (χ3n) is 9.73. The first-order valence-corrected chi connectivity index (χ1v) is 17.9. The smallest absolute Gasteiger partial charge is 0.164 e. The van der Waals surface area contributed by atoms with E-state index in [1.807, 2.05) is 29.5 Å². The minimum atomic E-state index is 0.659. The Kier molecular flexibility index (Phi) is 7.00. The Bertz CT molecular complexity index is 2900. The molecule has 0 saturated heterocycles. The van der Waals surface area contributed by atoms with E-state index in [-0.39, 0.29) is 0 Å². The zero-order valence-corrected chi connectivity index (χ0v) is 28.3. The number of aromatic nitrogens is 3. The summed E-state index contributed by atoms with van der Waals surface area (Å²) in [7, 11) is 0. The maximum absolute atomic E-state index is 5.11. The number of fused-ring (bicyclic) bond motifs is 6. The molecule has 0 aliphatic carbocycles. The van der Waals surface area contributed by atoms with Gasteiger partial charge < -0.3 is 0 Å². The number of thiophene rings is 1. The van der Waals surface area contributed by atoms with Crippen molar-refractivity contribution in [3.05, 3.63) is 176 Å². The molecule has 0 amide bonds. The van der Waals surface area contributed by atoms with Crippen LogP contribution >= 0.6 is 11.3 Å². The molecule has 2 heterocycles. The van der Waals surface area contributed by atoms with E-state index in [1.54, 1.807) is 0 Å². The molecule has 0 saturated carbocycles. The van der Waals surface area contributed by atoms with E-state index in [4.69, 9.17) is 15.0 Å². The first kappa shape index (κ1) is 29.4. The monoisotopic (exact) mass is 667 g/mol. The molecule has 0 N–H and O–H groups in total. The number of hydrogen-bond donors (Lipinski definition) is 0. The van der Waals surface area contributed by atoms with E-state index in [0.29, 0.717) is 17.5 Å². The first-order valence-electron chi connectivity index (χ1n) is 17.1. The molecule has 238 valence electrons. The van der Waals surface area contributed by atoms with Gasteiger partial charge in [0.2, 0.25) is 0 Å². The molecule has 2 aromatic heterocycles. The molecule has 51 heavy (non-hydrogen) atoms. The topological polar surface area (TPSA) is 38.7 Å². The quantitative estimate of drug-likeness (QED) is 0.171. The molecule has 10 aromatic rings. The molecule has 0 unspecified atom stereocenters. The molecule has 0 aliphatic rings. The molecule has 0 spiro atoms. The second kappa shape index (κ2) is 12.1. The van der Waals surface area contributed by atoms with Gasteiger partial charge in [0.25, 0.3) is 0 Å². The van der Waals surface area contributed by atoms with Crippen molar-refractivity contribution in [2.24, 2.45) is 0 Å². The Labute approximate surface area is 299 Å². The van der Waals surface area contributed by atoms with Gasteiger partial charge >= 0.3 is 0 Å². The first-order chi connectivity index (χ1) is 25.2. The predicted molar refractivity (Wildman–Crippen MR) is 215 cm³/mol. The second-order valence-electron chi connectivity index (χ2n) is 12.8. The Morgan fingerprint density at radius 2 is 0.863 bits per heavy atom. The van der Waals surface area contributed by atoms with E-state index < -0.39 is 0 Å². The molecule has 0 fully saturated rings. The highest BCUT2D eigenvalue weighted by atomic mass is 32.1. The van der Waals surface area contributed by atoms with Gasteiger partial charge in [-0.2, -0.15) is 0 Å². The summed E-state index contributed by atoms with van der Waals surface area (Å²) in [5.74, 6) is 1.98. The van der Waals surface area contributed by atoms with Gasteiger partial charge in [-0.05, 0) is 62.0 Å². The van der Waals surface area contributed by atoms with Gasteiger partial charge in [-0.25, -0.2) is 15.0 Å². The SMILES string of the molecule is c1ccc(-c2ccc(-c3cccc4sc5cc(-c6nc(-c7ccccc7)nc(-c7ccc8c(ccc9ccccc98)c7)n6)ccc5c34)cc2)cc1. The highest BCUT2D eigenvalue weighted by Crippen LogP contribution is 2.42. The lowest BCUT2D eigenvalue weighted by molar-refractivity contribution is 1.08. The average Bonchev–Trinajstić information content (AvgIpc) is 3.59. The summed E-state index contributed by atoms with van der Waals surface area (Å²) in [4.78, 5) is 15.2. The van der Waals surface area contributed by atoms with Crippen molar-refractivity contribution >= 4 is 53.1 Å². The van der Waals surface area contributed by atoms with E-state index in [9.17, 15) is 0 Å². The number of rotatable bonds is 5. The van der Waals surface area contributed by atoms with Gasteiger partial charge in [-0.15, -0.1) is 11.3 Å². The highest BCUT2D eigenvalue weighted by molar-refractivity contribution is 7.26. The van der Waals surface area contributed by atoms with Crippen LogP contribution in [0.1, 0.15) is 0 Å². The Hall–Kier alpha value is -6.49. The van der Waals surface area contributed by atoms with Crippen LogP contribution in [0.25, 0.3) is 98.1 Å². The van der Waals surface area contributed by atoms with E-state index in [2.05, 4.69) is 158 Å². The maximum atomic E-state index is 5.11. The van der Waals surface area contributed by atoms with Crippen molar-refractivity contribution in [2.75, 3.05) is 0 Å². The van der Waals surface area contributed by atoms with Crippen molar-refractivity contribution in [1.82, 2.24) is 15.0 Å². The summed E-state index contributed by atoms with van der Waals surface area (Å²) in [6.07, 6.45) is 0. The fraction of sp³-hybridized carbons (Fsp3) is 0. The van der Waals surface area contributed by atoms with Crippen LogP contribution in [0.3, 0.4) is 0 Å². The van der Waals surface area contributed by atoms with Crippen LogP contribution in [0, 0.1) is 0 Å². The summed E-state index contributed by atoms with van der Waals surface area (Å²) in [5, 5.41) is 7.37. The lowest BCUT2D eigenvalue weighted by Gasteiger charge is -2.10. The van der Waals surface area contributed by atoms with Gasteiger partial charge in [0.05, 0.1) is 0 Å². The average molecular weight is 668 g/mol. The standard InChI is InChI=1S/C47H29N3S/c1-3-10-30(11-4-1)31-18-20-33(21-19-31)40-16-9-17-42-44(40)41-27-25-37(29-43(41)51-42)47-49-45(34-13-5-2-6-14-34)48-46(50-47)36-24-26-39-35(28-36)23-22-32-12-7-8-15-38(32)39/h1-29H. The van der Waals surface area contributed by atoms with Crippen LogP contribution in [0.5, 0.6) is 0 Å². The molecule has 8 aromatic carbocycles. The Morgan fingerprint density at radius 3 is 1.63 bits per heavy atom. The third kappa shape index (κ3) is 5.25. The molecule has 0 bridgehead atoms. The van der Waals surface area contributed by atoms with Crippen LogP contribution in [0.15, 0.2) is 176 Å². The summed E-state index contributed by atoms with van der Waals surface area (Å²) in [6.45, 7) is 0. The van der Waals surface area contributed by atoms with Gasteiger partial charge in [0.1, 0.15) is 0 Å². The molecule has 0 aliphatic heterocycles. The molecule has 3 nitrogen and oxygen atoms in total. The Morgan fingerprint density at radius 1 is 0.314 bits per heavy atom. The van der Waals surface area contributed by atoms with Gasteiger partial charge in [-0.1, -0.05) is 158 Å². The summed E-state index contributed by atoms with van der Waals surface area (Å²) < 4.78 is 2.47. The largest absolute Gasteiger partial charge is 0.208 e. The van der Waals surface area contributed by atoms with Gasteiger partial charge in [-0.3, -0.25) is 0 Å². The van der Waals surface area contributed by atoms with Crippen LogP contribution in [0.2, 0.25) is 0 Å². The van der Waals surface area contributed by atoms with E-state index in [1.165, 1.54) is 58.6 Å². The molecule has 10 rings (SSSR count). The summed E-state index contributed by atoms with van der Waals surface area (Å²) >= 11 is 1.81. The lowest BCUT2D eigenvalue weighted by atomic mass is 9.97. The second-order valence-corrected chi connectivity index (χ2v) is 13.9. The van der Waals surface area contributed by atoms with E-state index in [0.717, 1.165) is 22.1 Å². The van der Waals surface area contributed by atoms with Crippen molar-refractivity contribution in [2.45, 2.75) is 0 Å². The highest BCUT2D eigenvalue weighted by Gasteiger charge is 2.16. The van der Waals surface area contributed by atoms with Crippen molar-refractivity contribution < 1.29 is 0 Å². The Balaban J connectivity index is 1.09. The molecule has 0 atom stereocenters. The summed E-state index contributed by atoms with van der Waals surface area (Å²) in [6, 6.07) is 62.3. The van der Waals surface area contributed by atoms with E-state index >= 15 is 0 Å². The van der Waals surface area contributed by atoms with Crippen molar-refractivity contribution in [1.29, 1.82) is 0 Å². The van der Waals surface area contributed by atoms with Crippen LogP contribution in [-0.4, -0.2) is 15.0 Å². The molecule has 0 radical (unpaired) electrons. The number of nitrogens with zero attached hydrogens (tertiary/aromatic N) is 3. The minimum absolute atomic E-state index is 0.659. The van der Waals surface area contributed by atoms with Gasteiger partial charge in [0, 0.05) is 36.9 Å². The third-order valence-corrected chi connectivity index (χ3v) is 10.8.